The molecule has 0 aliphatic rings. The summed E-state index contributed by atoms with van der Waals surface area (Å²) >= 11 is 0. The van der Waals surface area contributed by atoms with E-state index in [4.69, 9.17) is 24.3 Å². The molecule has 3 N–H and O–H groups in total. The second-order valence-corrected chi connectivity index (χ2v) is 22.7. The summed E-state index contributed by atoms with van der Waals surface area (Å²) in [5, 5.41) is 0. The molecule has 2 atom stereocenters. The Balaban J connectivity index is 3.78. The monoisotopic (exact) mass is 1100 g/mol. The summed E-state index contributed by atoms with van der Waals surface area (Å²) in [4.78, 5) is 35.2. The van der Waals surface area contributed by atoms with Crippen LogP contribution >= 0.6 is 7.82 Å². The molecule has 10 heteroatoms. The van der Waals surface area contributed by atoms with Crippen molar-refractivity contribution in [3.8, 4) is 0 Å². The van der Waals surface area contributed by atoms with Gasteiger partial charge in [-0.1, -0.05) is 279 Å². The van der Waals surface area contributed by atoms with Crippen molar-refractivity contribution in [1.82, 2.24) is 0 Å². The van der Waals surface area contributed by atoms with E-state index in [1.165, 1.54) is 173 Å². The molecule has 0 aliphatic carbocycles. The number of hydrogen-bond donors (Lipinski definition) is 2. The van der Waals surface area contributed by atoms with Gasteiger partial charge in [0, 0.05) is 19.4 Å². The number of rotatable bonds is 60. The molecule has 0 radical (unpaired) electrons. The number of allylic oxidation sites excluding steroid dienone is 14. The molecule has 2 unspecified atom stereocenters. The van der Waals surface area contributed by atoms with Gasteiger partial charge in [-0.15, -0.1) is 0 Å². The van der Waals surface area contributed by atoms with Crippen molar-refractivity contribution in [2.45, 2.75) is 302 Å². The number of carbonyl (C=O) groups excluding carboxylic acids is 2. The molecule has 0 heterocycles. The van der Waals surface area contributed by atoms with Gasteiger partial charge in [-0.3, -0.25) is 18.6 Å². The van der Waals surface area contributed by atoms with Crippen molar-refractivity contribution in [3.63, 3.8) is 0 Å². The Morgan fingerprint density at radius 1 is 0.403 bits per heavy atom. The molecule has 0 saturated heterocycles. The van der Waals surface area contributed by atoms with E-state index >= 15 is 0 Å². The zero-order chi connectivity index (χ0) is 55.9. The van der Waals surface area contributed by atoms with Gasteiger partial charge in [0.1, 0.15) is 6.61 Å². The summed E-state index contributed by atoms with van der Waals surface area (Å²) < 4.78 is 33.0. The van der Waals surface area contributed by atoms with Crippen molar-refractivity contribution >= 4 is 19.8 Å². The van der Waals surface area contributed by atoms with Crippen molar-refractivity contribution in [2.75, 3.05) is 26.4 Å². The fourth-order valence-electron chi connectivity index (χ4n) is 9.05. The lowest BCUT2D eigenvalue weighted by atomic mass is 10.0. The lowest BCUT2D eigenvalue weighted by molar-refractivity contribution is -0.161. The summed E-state index contributed by atoms with van der Waals surface area (Å²) in [7, 11) is -4.39. The highest BCUT2D eigenvalue weighted by Crippen LogP contribution is 2.43. The second-order valence-electron chi connectivity index (χ2n) is 21.2. The predicted octanol–water partition coefficient (Wildman–Crippen LogP) is 20.6. The van der Waals surface area contributed by atoms with Crippen LogP contribution in [0.1, 0.15) is 296 Å². The Labute approximate surface area is 474 Å². The minimum Gasteiger partial charge on any atom is -0.462 e. The summed E-state index contributed by atoms with van der Waals surface area (Å²) in [5.74, 6) is -0.828. The molecule has 0 bridgehead atoms. The fourth-order valence-corrected chi connectivity index (χ4v) is 9.81. The van der Waals surface area contributed by atoms with Gasteiger partial charge < -0.3 is 20.1 Å². The van der Waals surface area contributed by atoms with E-state index in [0.717, 1.165) is 89.9 Å². The first-order valence-electron chi connectivity index (χ1n) is 32.1. The number of nitrogens with two attached hydrogens (primary N) is 1. The molecule has 9 nitrogen and oxygen atoms in total. The van der Waals surface area contributed by atoms with Crippen LogP contribution in [0.2, 0.25) is 0 Å². The molecule has 0 aromatic carbocycles. The molecule has 0 saturated carbocycles. The number of unbranched alkanes of at least 4 members (excludes halogenated alkanes) is 33. The maximum Gasteiger partial charge on any atom is 0.472 e. The van der Waals surface area contributed by atoms with Crippen LogP contribution < -0.4 is 5.73 Å². The number of phosphoric ester groups is 1. The average Bonchev–Trinajstić information content (AvgIpc) is 3.42. The number of esters is 2. The van der Waals surface area contributed by atoms with E-state index < -0.39 is 26.5 Å². The molecule has 0 aliphatic heterocycles. The van der Waals surface area contributed by atoms with Crippen LogP contribution in [0.3, 0.4) is 0 Å². The molecule has 0 spiro atoms. The van der Waals surface area contributed by atoms with Crippen LogP contribution in [0.4, 0.5) is 0 Å². The minimum absolute atomic E-state index is 0.0521. The van der Waals surface area contributed by atoms with Crippen LogP contribution in [0, 0.1) is 0 Å². The third kappa shape index (κ3) is 62.3. The quantitative estimate of drug-likeness (QED) is 0.0264. The summed E-state index contributed by atoms with van der Waals surface area (Å²) in [5.41, 5.74) is 5.38. The molecular weight excluding hydrogens is 978 g/mol. The molecule has 0 aromatic rings. The van der Waals surface area contributed by atoms with Gasteiger partial charge in [0.15, 0.2) is 6.10 Å². The third-order valence-electron chi connectivity index (χ3n) is 13.8. The Kier molecular flexibility index (Phi) is 60.1. The van der Waals surface area contributed by atoms with E-state index in [0.29, 0.717) is 6.42 Å². The van der Waals surface area contributed by atoms with Crippen LogP contribution in [-0.4, -0.2) is 49.3 Å². The summed E-state index contributed by atoms with van der Waals surface area (Å²) in [6.45, 7) is 3.64. The Morgan fingerprint density at radius 3 is 1.08 bits per heavy atom. The topological polar surface area (TPSA) is 134 Å². The van der Waals surface area contributed by atoms with Gasteiger partial charge in [0.2, 0.25) is 0 Å². The van der Waals surface area contributed by atoms with Crippen LogP contribution in [0.25, 0.3) is 0 Å². The van der Waals surface area contributed by atoms with Gasteiger partial charge in [-0.05, 0) is 89.9 Å². The van der Waals surface area contributed by atoms with E-state index in [-0.39, 0.29) is 38.6 Å². The van der Waals surface area contributed by atoms with E-state index in [9.17, 15) is 19.0 Å². The van der Waals surface area contributed by atoms with Gasteiger partial charge in [-0.25, -0.2) is 4.57 Å². The van der Waals surface area contributed by atoms with E-state index in [1.54, 1.807) is 0 Å². The fraction of sp³-hybridized carbons (Fsp3) is 0.761. The van der Waals surface area contributed by atoms with Gasteiger partial charge in [0.05, 0.1) is 13.2 Å². The number of hydrogen-bond acceptors (Lipinski definition) is 8. The number of carbonyl (C=O) groups is 2. The lowest BCUT2D eigenvalue weighted by Crippen LogP contribution is -2.29. The molecule has 77 heavy (non-hydrogen) atoms. The van der Waals surface area contributed by atoms with Gasteiger partial charge in [0.25, 0.3) is 0 Å². The van der Waals surface area contributed by atoms with Crippen LogP contribution in [0.15, 0.2) is 85.1 Å². The lowest BCUT2D eigenvalue weighted by Gasteiger charge is -2.19. The number of ether oxygens (including phenoxy) is 2. The summed E-state index contributed by atoms with van der Waals surface area (Å²) in [6.07, 6.45) is 82.5. The normalized spacial score (nSPS) is 13.6. The van der Waals surface area contributed by atoms with Gasteiger partial charge in [-0.2, -0.15) is 0 Å². The maximum absolute atomic E-state index is 12.7. The zero-order valence-electron chi connectivity index (χ0n) is 49.9. The first-order valence-corrected chi connectivity index (χ1v) is 33.6. The standard InChI is InChI=1S/C67H120NO8P/c1-3-5-7-9-11-13-15-17-19-20-21-22-23-24-25-26-27-28-29-30-31-32-33-34-35-36-37-38-39-40-41-42-43-44-46-48-50-52-54-56-58-60-67(70)76-65(64-75-77(71,72)74-62-61-68)63-73-66(69)59-57-55-53-51-49-47-45-18-16-14-12-10-8-6-4-2/h5,7,11,13,17-19,21-22,24-25,27-28,45,65H,3-4,6,8-10,12,14-16,20,23,26,29-44,46-64,68H2,1-2H3,(H,71,72)/b7-5-,13-11-,19-17-,22-21-,25-24-,28-27-,45-18-. The molecule has 0 aromatic heterocycles. The smallest absolute Gasteiger partial charge is 0.462 e. The minimum atomic E-state index is -4.39. The second kappa shape index (κ2) is 62.4. The largest absolute Gasteiger partial charge is 0.472 e. The summed E-state index contributed by atoms with van der Waals surface area (Å²) in [6, 6.07) is 0. The predicted molar refractivity (Wildman–Crippen MR) is 330 cm³/mol. The Hall–Kier alpha value is -2.81. The highest BCUT2D eigenvalue weighted by molar-refractivity contribution is 7.47. The SMILES string of the molecule is CC/C=C\C/C=C\C/C=C\C/C=C\C/C=C\C/C=C\CCCCCCCCCCCCCCCCCCCCCCCCC(=O)OC(COC(=O)CCCCCCC/C=C\CCCCCCCC)COP(=O)(O)OCCN. The van der Waals surface area contributed by atoms with Crippen molar-refractivity contribution < 1.29 is 37.6 Å². The van der Waals surface area contributed by atoms with Crippen molar-refractivity contribution in [1.29, 1.82) is 0 Å². The number of phosphoric acid groups is 1. The molecular formula is C67H120NO8P. The Bertz CT molecular complexity index is 1530. The van der Waals surface area contributed by atoms with E-state index in [2.05, 4.69) is 98.9 Å². The molecule has 0 fully saturated rings. The maximum atomic E-state index is 12.7. The molecule has 0 rings (SSSR count). The van der Waals surface area contributed by atoms with Crippen LogP contribution in [0.5, 0.6) is 0 Å². The van der Waals surface area contributed by atoms with Crippen LogP contribution in [-0.2, 0) is 32.7 Å². The van der Waals surface area contributed by atoms with Crippen molar-refractivity contribution in [2.24, 2.45) is 5.73 Å². The first-order chi connectivity index (χ1) is 37.8. The Morgan fingerprint density at radius 2 is 0.714 bits per heavy atom. The first kappa shape index (κ1) is 74.2. The average molecular weight is 1100 g/mol. The third-order valence-corrected chi connectivity index (χ3v) is 14.7. The molecule has 446 valence electrons. The van der Waals surface area contributed by atoms with E-state index in [1.807, 2.05) is 0 Å². The van der Waals surface area contributed by atoms with Gasteiger partial charge >= 0.3 is 19.8 Å². The highest BCUT2D eigenvalue weighted by Gasteiger charge is 2.26. The highest BCUT2D eigenvalue weighted by atomic mass is 31.2. The van der Waals surface area contributed by atoms with Crippen molar-refractivity contribution in [3.05, 3.63) is 85.1 Å². The molecule has 0 amide bonds. The zero-order valence-corrected chi connectivity index (χ0v) is 50.8.